The van der Waals surface area contributed by atoms with Crippen LogP contribution in [0, 0.1) is 0 Å². The standard InChI is InChI=1S/C9H13O4P.Na/c1-12-9-5-3-8(4-6-9)7-13-14(2,10)11;/h3-6H,7H2,1-2H3,(H,10,11);/q;+1/p-1. The van der Waals surface area contributed by atoms with Gasteiger partial charge in [0.15, 0.2) is 0 Å². The quantitative estimate of drug-likeness (QED) is 0.468. The van der Waals surface area contributed by atoms with Crippen LogP contribution < -0.4 is 39.2 Å². The molecule has 1 rings (SSSR count). The molecule has 4 nitrogen and oxygen atoms in total. The maximum absolute atomic E-state index is 10.7. The van der Waals surface area contributed by atoms with E-state index in [9.17, 15) is 9.46 Å². The third-order valence-electron chi connectivity index (χ3n) is 1.62. The third-order valence-corrected chi connectivity index (χ3v) is 2.22. The van der Waals surface area contributed by atoms with Gasteiger partial charge >= 0.3 is 29.6 Å². The Morgan fingerprint density at radius 2 is 1.87 bits per heavy atom. The molecule has 0 aliphatic rings. The van der Waals surface area contributed by atoms with Crippen LogP contribution in [-0.2, 0) is 15.7 Å². The Hall–Kier alpha value is 0.170. The number of methoxy groups -OCH3 is 1. The Balaban J connectivity index is 0.00000196. The molecule has 6 heteroatoms. The van der Waals surface area contributed by atoms with Gasteiger partial charge in [0, 0.05) is 6.66 Å². The summed E-state index contributed by atoms with van der Waals surface area (Å²) in [6.07, 6.45) is 0. The van der Waals surface area contributed by atoms with Crippen LogP contribution in [0.15, 0.2) is 24.3 Å². The largest absolute Gasteiger partial charge is 1.00 e. The van der Waals surface area contributed by atoms with Crippen molar-refractivity contribution in [2.24, 2.45) is 0 Å². The zero-order valence-corrected chi connectivity index (χ0v) is 12.0. The van der Waals surface area contributed by atoms with Gasteiger partial charge in [-0.2, -0.15) is 0 Å². The fourth-order valence-electron chi connectivity index (χ4n) is 0.914. The van der Waals surface area contributed by atoms with Crippen molar-refractivity contribution >= 4 is 7.60 Å². The van der Waals surface area contributed by atoms with Gasteiger partial charge in [0.25, 0.3) is 0 Å². The molecule has 0 saturated heterocycles. The van der Waals surface area contributed by atoms with Crippen LogP contribution in [0.4, 0.5) is 0 Å². The van der Waals surface area contributed by atoms with Crippen molar-refractivity contribution in [3.05, 3.63) is 29.8 Å². The minimum Gasteiger partial charge on any atom is -0.779 e. The minimum absolute atomic E-state index is 0. The molecule has 0 bridgehead atoms. The van der Waals surface area contributed by atoms with Crippen molar-refractivity contribution < 1.29 is 48.3 Å². The van der Waals surface area contributed by atoms with E-state index in [1.165, 1.54) is 0 Å². The zero-order chi connectivity index (χ0) is 10.6. The first-order valence-corrected chi connectivity index (χ1v) is 6.06. The number of benzene rings is 1. The van der Waals surface area contributed by atoms with Gasteiger partial charge in [0.1, 0.15) is 13.3 Å². The molecular weight excluding hydrogens is 226 g/mol. The van der Waals surface area contributed by atoms with Gasteiger partial charge in [-0.15, -0.1) is 0 Å². The number of rotatable bonds is 4. The molecule has 0 amide bonds. The van der Waals surface area contributed by atoms with Gasteiger partial charge in [-0.1, -0.05) is 12.1 Å². The van der Waals surface area contributed by atoms with Crippen molar-refractivity contribution in [1.82, 2.24) is 0 Å². The molecule has 0 aromatic heterocycles. The molecule has 0 radical (unpaired) electrons. The monoisotopic (exact) mass is 238 g/mol. The van der Waals surface area contributed by atoms with Crippen molar-refractivity contribution in [3.63, 3.8) is 0 Å². The zero-order valence-electron chi connectivity index (χ0n) is 9.10. The van der Waals surface area contributed by atoms with Gasteiger partial charge in [-0.05, 0) is 17.7 Å². The van der Waals surface area contributed by atoms with Gasteiger partial charge < -0.3 is 18.7 Å². The van der Waals surface area contributed by atoms with Crippen molar-refractivity contribution in [2.45, 2.75) is 6.61 Å². The van der Waals surface area contributed by atoms with E-state index in [-0.39, 0.29) is 36.2 Å². The second kappa shape index (κ2) is 6.69. The van der Waals surface area contributed by atoms with Crippen LogP contribution in [-0.4, -0.2) is 13.8 Å². The second-order valence-corrected chi connectivity index (χ2v) is 4.69. The Morgan fingerprint density at radius 3 is 2.27 bits per heavy atom. The first-order valence-electron chi connectivity index (χ1n) is 4.07. The molecule has 0 spiro atoms. The van der Waals surface area contributed by atoms with Crippen LogP contribution in [0.2, 0.25) is 0 Å². The summed E-state index contributed by atoms with van der Waals surface area (Å²) in [6.45, 7) is 1.12. The van der Waals surface area contributed by atoms with Gasteiger partial charge in [0.05, 0.1) is 13.7 Å². The summed E-state index contributed by atoms with van der Waals surface area (Å²) in [5.41, 5.74) is 0.795. The fraction of sp³-hybridized carbons (Fsp3) is 0.333. The van der Waals surface area contributed by atoms with E-state index < -0.39 is 7.60 Å². The molecular formula is C9H12NaO4P. The molecule has 0 aliphatic carbocycles. The van der Waals surface area contributed by atoms with E-state index in [2.05, 4.69) is 4.52 Å². The maximum atomic E-state index is 10.7. The fourth-order valence-corrected chi connectivity index (χ4v) is 1.30. The van der Waals surface area contributed by atoms with Gasteiger partial charge in [0.2, 0.25) is 0 Å². The van der Waals surface area contributed by atoms with Crippen LogP contribution in [0.25, 0.3) is 0 Å². The average molecular weight is 238 g/mol. The summed E-state index contributed by atoms with van der Waals surface area (Å²) < 4.78 is 20.3. The number of hydrogen-bond acceptors (Lipinski definition) is 4. The first kappa shape index (κ1) is 15.2. The molecule has 15 heavy (non-hydrogen) atoms. The Bertz CT molecular complexity index is 332. The summed E-state index contributed by atoms with van der Waals surface area (Å²) in [6, 6.07) is 7.02. The van der Waals surface area contributed by atoms with Crippen molar-refractivity contribution in [3.8, 4) is 5.75 Å². The van der Waals surface area contributed by atoms with Crippen molar-refractivity contribution in [2.75, 3.05) is 13.8 Å². The van der Waals surface area contributed by atoms with E-state index in [1.807, 2.05) is 0 Å². The van der Waals surface area contributed by atoms with Crippen LogP contribution in [0.3, 0.4) is 0 Å². The molecule has 0 saturated carbocycles. The summed E-state index contributed by atoms with van der Waals surface area (Å²) in [5, 5.41) is 0. The Labute approximate surface area is 111 Å². The molecule has 0 aliphatic heterocycles. The van der Waals surface area contributed by atoms with Gasteiger partial charge in [-0.3, -0.25) is 0 Å². The minimum atomic E-state index is -3.63. The summed E-state index contributed by atoms with van der Waals surface area (Å²) in [5.74, 6) is 0.732. The molecule has 1 aromatic carbocycles. The predicted octanol–water partition coefficient (Wildman–Crippen LogP) is -1.60. The second-order valence-electron chi connectivity index (χ2n) is 2.89. The normalized spacial score (nSPS) is 13.8. The van der Waals surface area contributed by atoms with E-state index in [0.717, 1.165) is 18.0 Å². The molecule has 0 N–H and O–H groups in total. The van der Waals surface area contributed by atoms with E-state index >= 15 is 0 Å². The van der Waals surface area contributed by atoms with Gasteiger partial charge in [-0.25, -0.2) is 0 Å². The Morgan fingerprint density at radius 1 is 1.33 bits per heavy atom. The molecule has 1 unspecified atom stereocenters. The average Bonchev–Trinajstić information content (AvgIpc) is 2.14. The molecule has 0 fully saturated rings. The van der Waals surface area contributed by atoms with Crippen LogP contribution in [0.5, 0.6) is 5.75 Å². The molecule has 1 aromatic rings. The molecule has 78 valence electrons. The summed E-state index contributed by atoms with van der Waals surface area (Å²) in [7, 11) is -2.06. The third kappa shape index (κ3) is 6.36. The number of hydrogen-bond donors (Lipinski definition) is 0. The molecule has 0 heterocycles. The first-order chi connectivity index (χ1) is 6.51. The summed E-state index contributed by atoms with van der Waals surface area (Å²) >= 11 is 0. The van der Waals surface area contributed by atoms with Crippen LogP contribution in [0.1, 0.15) is 5.56 Å². The van der Waals surface area contributed by atoms with E-state index in [0.29, 0.717) is 0 Å². The van der Waals surface area contributed by atoms with E-state index in [1.54, 1.807) is 31.4 Å². The van der Waals surface area contributed by atoms with E-state index in [4.69, 9.17) is 4.74 Å². The SMILES string of the molecule is COc1ccc(COP(C)(=O)[O-])cc1.[Na+]. The predicted molar refractivity (Wildman–Crippen MR) is 51.3 cm³/mol. The smallest absolute Gasteiger partial charge is 0.779 e. The Kier molecular flexibility index (Phi) is 6.76. The van der Waals surface area contributed by atoms with Crippen LogP contribution >= 0.6 is 7.60 Å². The summed E-state index contributed by atoms with van der Waals surface area (Å²) in [4.78, 5) is 10.7. The van der Waals surface area contributed by atoms with Crippen molar-refractivity contribution in [1.29, 1.82) is 0 Å². The number of ether oxygens (including phenoxy) is 1. The maximum Gasteiger partial charge on any atom is 1.00 e. The topological polar surface area (TPSA) is 58.6 Å². The molecule has 1 atom stereocenters.